The smallest absolute Gasteiger partial charge is 0.255 e. The van der Waals surface area contributed by atoms with Crippen LogP contribution in [0.5, 0.6) is 0 Å². The van der Waals surface area contributed by atoms with E-state index in [1.807, 2.05) is 36.7 Å². The standard InChI is InChI=1S/C20H18N6O2/c27-20(15-5-7-22-11-15)25-8-9-28-17(13-25)19-23-18-4-3-16(12-26(18)24-19)14-2-1-6-21-10-14/h1-7,10-12,17,22H,8-9,13H2. The fourth-order valence-electron chi connectivity index (χ4n) is 3.37. The topological polar surface area (TPSA) is 88.4 Å². The Morgan fingerprint density at radius 3 is 3.00 bits per heavy atom. The molecule has 0 bridgehead atoms. The Bertz CT molecular complexity index is 1110. The Balaban J connectivity index is 1.40. The summed E-state index contributed by atoms with van der Waals surface area (Å²) in [4.78, 5) is 26.1. The van der Waals surface area contributed by atoms with E-state index in [0.717, 1.165) is 16.8 Å². The lowest BCUT2D eigenvalue weighted by Gasteiger charge is -2.31. The maximum absolute atomic E-state index is 12.6. The Kier molecular flexibility index (Phi) is 4.10. The number of morpholine rings is 1. The minimum absolute atomic E-state index is 0.0165. The van der Waals surface area contributed by atoms with Gasteiger partial charge in [-0.3, -0.25) is 9.78 Å². The molecule has 1 aliphatic heterocycles. The first-order chi connectivity index (χ1) is 13.8. The summed E-state index contributed by atoms with van der Waals surface area (Å²) in [6.07, 6.45) is 8.59. The summed E-state index contributed by atoms with van der Waals surface area (Å²) in [6.45, 7) is 1.44. The highest BCUT2D eigenvalue weighted by atomic mass is 16.5. The summed E-state index contributed by atoms with van der Waals surface area (Å²) in [5.41, 5.74) is 3.40. The maximum Gasteiger partial charge on any atom is 0.255 e. The van der Waals surface area contributed by atoms with Gasteiger partial charge in [0, 0.05) is 48.7 Å². The van der Waals surface area contributed by atoms with Gasteiger partial charge in [0.15, 0.2) is 11.5 Å². The number of carbonyl (C=O) groups excluding carboxylic acids is 1. The number of amides is 1. The van der Waals surface area contributed by atoms with E-state index in [4.69, 9.17) is 4.74 Å². The molecule has 1 aliphatic rings. The molecular weight excluding hydrogens is 356 g/mol. The van der Waals surface area contributed by atoms with E-state index in [1.165, 1.54) is 0 Å². The number of fused-ring (bicyclic) bond motifs is 1. The van der Waals surface area contributed by atoms with Crippen molar-refractivity contribution < 1.29 is 9.53 Å². The third-order valence-corrected chi connectivity index (χ3v) is 4.83. The zero-order valence-electron chi connectivity index (χ0n) is 15.0. The average Bonchev–Trinajstić information content (AvgIpc) is 3.43. The number of carbonyl (C=O) groups is 1. The van der Waals surface area contributed by atoms with Gasteiger partial charge in [-0.25, -0.2) is 9.50 Å². The molecule has 1 saturated heterocycles. The molecule has 0 radical (unpaired) electrons. The van der Waals surface area contributed by atoms with E-state index in [-0.39, 0.29) is 12.0 Å². The van der Waals surface area contributed by atoms with Gasteiger partial charge in [-0.2, -0.15) is 0 Å². The van der Waals surface area contributed by atoms with Gasteiger partial charge in [0.1, 0.15) is 6.10 Å². The first kappa shape index (κ1) is 16.6. The van der Waals surface area contributed by atoms with Gasteiger partial charge in [0.05, 0.1) is 18.7 Å². The predicted octanol–water partition coefficient (Wildman–Crippen LogP) is 2.33. The number of aromatic amines is 1. The number of aromatic nitrogens is 5. The van der Waals surface area contributed by atoms with Crippen molar-refractivity contribution in [1.82, 2.24) is 29.5 Å². The molecule has 0 spiro atoms. The minimum Gasteiger partial charge on any atom is -0.367 e. The average molecular weight is 374 g/mol. The zero-order chi connectivity index (χ0) is 18.9. The lowest BCUT2D eigenvalue weighted by molar-refractivity contribution is -0.0266. The van der Waals surface area contributed by atoms with Crippen LogP contribution in [0.25, 0.3) is 16.8 Å². The number of H-pyrrole nitrogens is 1. The van der Waals surface area contributed by atoms with Crippen LogP contribution >= 0.6 is 0 Å². The molecule has 5 heterocycles. The fourth-order valence-corrected chi connectivity index (χ4v) is 3.37. The number of nitrogens with zero attached hydrogens (tertiary/aromatic N) is 5. The highest BCUT2D eigenvalue weighted by Gasteiger charge is 2.29. The van der Waals surface area contributed by atoms with Crippen molar-refractivity contribution in [3.05, 3.63) is 72.7 Å². The Labute approximate surface area is 160 Å². The van der Waals surface area contributed by atoms with E-state index in [9.17, 15) is 4.79 Å². The van der Waals surface area contributed by atoms with E-state index >= 15 is 0 Å². The lowest BCUT2D eigenvalue weighted by atomic mass is 10.1. The van der Waals surface area contributed by atoms with E-state index in [2.05, 4.69) is 20.1 Å². The van der Waals surface area contributed by atoms with Crippen molar-refractivity contribution >= 4 is 11.6 Å². The van der Waals surface area contributed by atoms with Crippen LogP contribution < -0.4 is 0 Å². The van der Waals surface area contributed by atoms with Crippen LogP contribution in [-0.2, 0) is 4.74 Å². The molecule has 1 fully saturated rings. The van der Waals surface area contributed by atoms with Gasteiger partial charge in [0.2, 0.25) is 0 Å². The number of hydrogen-bond acceptors (Lipinski definition) is 5. The zero-order valence-corrected chi connectivity index (χ0v) is 15.0. The molecule has 28 heavy (non-hydrogen) atoms. The summed E-state index contributed by atoms with van der Waals surface area (Å²) >= 11 is 0. The minimum atomic E-state index is -0.349. The number of hydrogen-bond donors (Lipinski definition) is 1. The third kappa shape index (κ3) is 3.03. The van der Waals surface area contributed by atoms with Crippen LogP contribution in [-0.4, -0.2) is 55.1 Å². The van der Waals surface area contributed by atoms with Crippen molar-refractivity contribution in [2.45, 2.75) is 6.10 Å². The molecule has 0 aromatic carbocycles. The SMILES string of the molecule is O=C(c1cc[nH]c1)N1CCOC(c2nc3ccc(-c4cccnc4)cn3n2)C1. The molecule has 0 aliphatic carbocycles. The molecule has 8 heteroatoms. The molecule has 1 N–H and O–H groups in total. The Hall–Kier alpha value is -3.52. The molecule has 5 rings (SSSR count). The van der Waals surface area contributed by atoms with Crippen molar-refractivity contribution in [3.8, 4) is 11.1 Å². The Morgan fingerprint density at radius 1 is 1.21 bits per heavy atom. The third-order valence-electron chi connectivity index (χ3n) is 4.83. The molecule has 1 unspecified atom stereocenters. The maximum atomic E-state index is 12.6. The van der Waals surface area contributed by atoms with Gasteiger partial charge in [-0.15, -0.1) is 5.10 Å². The number of ether oxygens (including phenoxy) is 1. The fraction of sp³-hybridized carbons (Fsp3) is 0.200. The van der Waals surface area contributed by atoms with Crippen LogP contribution in [0.15, 0.2) is 61.3 Å². The summed E-state index contributed by atoms with van der Waals surface area (Å²) in [5.74, 6) is 0.562. The second-order valence-electron chi connectivity index (χ2n) is 6.64. The molecule has 4 aromatic heterocycles. The monoisotopic (exact) mass is 374 g/mol. The van der Waals surface area contributed by atoms with Crippen molar-refractivity contribution in [2.24, 2.45) is 0 Å². The molecule has 140 valence electrons. The van der Waals surface area contributed by atoms with Gasteiger partial charge < -0.3 is 14.6 Å². The van der Waals surface area contributed by atoms with E-state index < -0.39 is 0 Å². The lowest BCUT2D eigenvalue weighted by Crippen LogP contribution is -2.42. The summed E-state index contributed by atoms with van der Waals surface area (Å²) in [6, 6.07) is 9.59. The van der Waals surface area contributed by atoms with Crippen LogP contribution in [0.2, 0.25) is 0 Å². The van der Waals surface area contributed by atoms with Crippen LogP contribution in [0.4, 0.5) is 0 Å². The second kappa shape index (κ2) is 6.90. The Morgan fingerprint density at radius 2 is 2.18 bits per heavy atom. The largest absolute Gasteiger partial charge is 0.367 e. The molecular formula is C20H18N6O2. The van der Waals surface area contributed by atoms with Gasteiger partial charge in [-0.1, -0.05) is 6.07 Å². The van der Waals surface area contributed by atoms with Gasteiger partial charge in [-0.05, 0) is 24.3 Å². The van der Waals surface area contributed by atoms with E-state index in [1.54, 1.807) is 34.1 Å². The first-order valence-electron chi connectivity index (χ1n) is 9.08. The predicted molar refractivity (Wildman–Crippen MR) is 102 cm³/mol. The van der Waals surface area contributed by atoms with Gasteiger partial charge >= 0.3 is 0 Å². The van der Waals surface area contributed by atoms with Crippen LogP contribution in [0.1, 0.15) is 22.3 Å². The van der Waals surface area contributed by atoms with Crippen LogP contribution in [0, 0.1) is 0 Å². The van der Waals surface area contributed by atoms with Crippen molar-refractivity contribution in [3.63, 3.8) is 0 Å². The summed E-state index contributed by atoms with van der Waals surface area (Å²) in [7, 11) is 0. The van der Waals surface area contributed by atoms with Crippen LogP contribution in [0.3, 0.4) is 0 Å². The second-order valence-corrected chi connectivity index (χ2v) is 6.64. The summed E-state index contributed by atoms with van der Waals surface area (Å²) in [5, 5.41) is 4.60. The van der Waals surface area contributed by atoms with Crippen molar-refractivity contribution in [2.75, 3.05) is 19.7 Å². The molecule has 1 atom stereocenters. The highest BCUT2D eigenvalue weighted by Crippen LogP contribution is 2.23. The normalized spacial score (nSPS) is 17.1. The van der Waals surface area contributed by atoms with Crippen molar-refractivity contribution in [1.29, 1.82) is 0 Å². The number of rotatable bonds is 3. The molecule has 8 nitrogen and oxygen atoms in total. The quantitative estimate of drug-likeness (QED) is 0.595. The molecule has 0 saturated carbocycles. The summed E-state index contributed by atoms with van der Waals surface area (Å²) < 4.78 is 7.60. The van der Waals surface area contributed by atoms with E-state index in [0.29, 0.717) is 31.1 Å². The highest BCUT2D eigenvalue weighted by molar-refractivity contribution is 5.94. The number of pyridine rings is 2. The molecule has 4 aromatic rings. The first-order valence-corrected chi connectivity index (χ1v) is 9.08. The number of nitrogens with one attached hydrogen (secondary N) is 1. The molecule has 1 amide bonds. The van der Waals surface area contributed by atoms with Gasteiger partial charge in [0.25, 0.3) is 5.91 Å².